The Balaban J connectivity index is 1.61. The van der Waals surface area contributed by atoms with Crippen LogP contribution in [0.25, 0.3) is 10.9 Å². The number of fused-ring (bicyclic) bond motifs is 1. The molecule has 4 nitrogen and oxygen atoms in total. The molecule has 21 heavy (non-hydrogen) atoms. The molecule has 3 rings (SSSR count). The summed E-state index contributed by atoms with van der Waals surface area (Å²) in [6.07, 6.45) is 4.53. The number of amides is 1. The Morgan fingerprint density at radius 1 is 1.43 bits per heavy atom. The van der Waals surface area contributed by atoms with Gasteiger partial charge in [-0.1, -0.05) is 6.42 Å². The SMILES string of the molecule is O=C(Cc1c[nH]c2cc(F)ccc12)NCC1CCCC1O. The van der Waals surface area contributed by atoms with Crippen LogP contribution in [0.4, 0.5) is 4.39 Å². The number of carbonyl (C=O) groups excluding carboxylic acids is 1. The van der Waals surface area contributed by atoms with Crippen molar-refractivity contribution in [1.82, 2.24) is 10.3 Å². The van der Waals surface area contributed by atoms with E-state index >= 15 is 0 Å². The van der Waals surface area contributed by atoms with Crippen LogP contribution in [0.1, 0.15) is 24.8 Å². The van der Waals surface area contributed by atoms with Gasteiger partial charge in [-0.05, 0) is 36.6 Å². The van der Waals surface area contributed by atoms with Gasteiger partial charge in [-0.3, -0.25) is 4.79 Å². The first-order chi connectivity index (χ1) is 10.1. The lowest BCUT2D eigenvalue weighted by Gasteiger charge is -2.14. The topological polar surface area (TPSA) is 65.1 Å². The molecule has 112 valence electrons. The second kappa shape index (κ2) is 5.85. The highest BCUT2D eigenvalue weighted by Crippen LogP contribution is 2.24. The van der Waals surface area contributed by atoms with Gasteiger partial charge >= 0.3 is 0 Å². The zero-order valence-electron chi connectivity index (χ0n) is 11.7. The van der Waals surface area contributed by atoms with Crippen molar-refractivity contribution >= 4 is 16.8 Å². The second-order valence-electron chi connectivity index (χ2n) is 5.74. The summed E-state index contributed by atoms with van der Waals surface area (Å²) in [5.74, 6) is -0.194. The lowest BCUT2D eigenvalue weighted by molar-refractivity contribution is -0.120. The molecule has 1 aliphatic rings. The van der Waals surface area contributed by atoms with Gasteiger partial charge in [0.2, 0.25) is 5.91 Å². The number of halogens is 1. The zero-order valence-corrected chi connectivity index (χ0v) is 11.7. The maximum absolute atomic E-state index is 13.1. The molecule has 0 bridgehead atoms. The second-order valence-corrected chi connectivity index (χ2v) is 5.74. The zero-order chi connectivity index (χ0) is 14.8. The largest absolute Gasteiger partial charge is 0.393 e. The third kappa shape index (κ3) is 3.08. The first kappa shape index (κ1) is 14.1. The first-order valence-electron chi connectivity index (χ1n) is 7.34. The number of benzene rings is 1. The van der Waals surface area contributed by atoms with Crippen LogP contribution in [0, 0.1) is 11.7 Å². The number of rotatable bonds is 4. The summed E-state index contributed by atoms with van der Waals surface area (Å²) < 4.78 is 13.1. The van der Waals surface area contributed by atoms with Crippen LogP contribution in [-0.2, 0) is 11.2 Å². The summed E-state index contributed by atoms with van der Waals surface area (Å²) in [5, 5.41) is 13.5. The number of H-pyrrole nitrogens is 1. The van der Waals surface area contributed by atoms with Gasteiger partial charge in [-0.25, -0.2) is 4.39 Å². The van der Waals surface area contributed by atoms with E-state index in [1.807, 2.05) is 0 Å². The molecule has 2 aromatic rings. The number of aromatic amines is 1. The van der Waals surface area contributed by atoms with Gasteiger partial charge < -0.3 is 15.4 Å². The molecule has 1 heterocycles. The van der Waals surface area contributed by atoms with Crippen LogP contribution < -0.4 is 5.32 Å². The van der Waals surface area contributed by atoms with E-state index in [1.165, 1.54) is 12.1 Å². The molecule has 0 spiro atoms. The summed E-state index contributed by atoms with van der Waals surface area (Å²) in [4.78, 5) is 15.0. The van der Waals surface area contributed by atoms with E-state index in [0.717, 1.165) is 30.2 Å². The Labute approximate surface area is 122 Å². The number of aromatic nitrogens is 1. The fourth-order valence-electron chi connectivity index (χ4n) is 3.04. The number of aliphatic hydroxyl groups excluding tert-OH is 1. The summed E-state index contributed by atoms with van der Waals surface area (Å²) in [6, 6.07) is 4.50. The van der Waals surface area contributed by atoms with E-state index in [4.69, 9.17) is 0 Å². The minimum atomic E-state index is -0.296. The van der Waals surface area contributed by atoms with Gasteiger partial charge in [-0.15, -0.1) is 0 Å². The van der Waals surface area contributed by atoms with Gasteiger partial charge in [0.05, 0.1) is 12.5 Å². The van der Waals surface area contributed by atoms with Gasteiger partial charge in [0, 0.05) is 29.6 Å². The Bertz CT molecular complexity index is 653. The number of carbonyl (C=O) groups is 1. The molecule has 1 aromatic heterocycles. The molecule has 0 saturated heterocycles. The molecule has 1 saturated carbocycles. The van der Waals surface area contributed by atoms with Crippen LogP contribution in [0.15, 0.2) is 24.4 Å². The van der Waals surface area contributed by atoms with Crippen molar-refractivity contribution in [2.24, 2.45) is 5.92 Å². The summed E-state index contributed by atoms with van der Waals surface area (Å²) >= 11 is 0. The third-order valence-corrected chi connectivity index (χ3v) is 4.26. The van der Waals surface area contributed by atoms with Crippen LogP contribution in [0.2, 0.25) is 0 Å². The minimum Gasteiger partial charge on any atom is -0.393 e. The number of nitrogens with one attached hydrogen (secondary N) is 2. The molecular formula is C16H19FN2O2. The van der Waals surface area contributed by atoms with E-state index in [1.54, 1.807) is 12.3 Å². The standard InChI is InChI=1S/C16H19FN2O2/c17-12-4-5-13-11(9-18-14(13)7-12)6-16(21)19-8-10-2-1-3-15(10)20/h4-5,7,9-10,15,18,20H,1-3,6,8H2,(H,19,21). The van der Waals surface area contributed by atoms with E-state index in [9.17, 15) is 14.3 Å². The average Bonchev–Trinajstić information content (AvgIpc) is 3.03. The maximum atomic E-state index is 13.1. The fourth-order valence-corrected chi connectivity index (χ4v) is 3.04. The summed E-state index contributed by atoms with van der Waals surface area (Å²) in [6.45, 7) is 0.525. The van der Waals surface area contributed by atoms with E-state index < -0.39 is 0 Å². The lowest BCUT2D eigenvalue weighted by Crippen LogP contribution is -2.33. The van der Waals surface area contributed by atoms with Crippen molar-refractivity contribution < 1.29 is 14.3 Å². The molecule has 2 unspecified atom stereocenters. The predicted octanol–water partition coefficient (Wildman–Crippen LogP) is 2.13. The fraction of sp³-hybridized carbons (Fsp3) is 0.438. The highest BCUT2D eigenvalue weighted by atomic mass is 19.1. The van der Waals surface area contributed by atoms with Crippen molar-refractivity contribution in [2.45, 2.75) is 31.8 Å². The molecule has 1 amide bonds. The predicted molar refractivity (Wildman–Crippen MR) is 78.3 cm³/mol. The molecule has 1 aliphatic carbocycles. The number of hydrogen-bond donors (Lipinski definition) is 3. The van der Waals surface area contributed by atoms with Crippen molar-refractivity contribution in [3.63, 3.8) is 0 Å². The molecule has 1 aromatic carbocycles. The van der Waals surface area contributed by atoms with Gasteiger partial charge in [-0.2, -0.15) is 0 Å². The molecule has 2 atom stereocenters. The van der Waals surface area contributed by atoms with Crippen LogP contribution in [0.3, 0.4) is 0 Å². The van der Waals surface area contributed by atoms with Crippen LogP contribution in [0.5, 0.6) is 0 Å². The smallest absolute Gasteiger partial charge is 0.224 e. The quantitative estimate of drug-likeness (QED) is 0.807. The third-order valence-electron chi connectivity index (χ3n) is 4.26. The van der Waals surface area contributed by atoms with Gasteiger partial charge in [0.1, 0.15) is 5.82 Å². The molecular weight excluding hydrogens is 271 g/mol. The molecule has 1 fully saturated rings. The minimum absolute atomic E-state index is 0.0701. The normalized spacial score (nSPS) is 21.8. The van der Waals surface area contributed by atoms with E-state index in [2.05, 4.69) is 10.3 Å². The van der Waals surface area contributed by atoms with Crippen molar-refractivity contribution in [3.05, 3.63) is 35.8 Å². The Hall–Kier alpha value is -1.88. The van der Waals surface area contributed by atoms with Crippen molar-refractivity contribution in [2.75, 3.05) is 6.54 Å². The Morgan fingerprint density at radius 3 is 3.05 bits per heavy atom. The van der Waals surface area contributed by atoms with Crippen LogP contribution in [-0.4, -0.2) is 28.6 Å². The van der Waals surface area contributed by atoms with E-state index in [0.29, 0.717) is 12.1 Å². The highest BCUT2D eigenvalue weighted by molar-refractivity contribution is 5.88. The molecule has 3 N–H and O–H groups in total. The van der Waals surface area contributed by atoms with Crippen molar-refractivity contribution in [1.29, 1.82) is 0 Å². The average molecular weight is 290 g/mol. The van der Waals surface area contributed by atoms with Gasteiger partial charge in [0.25, 0.3) is 0 Å². The van der Waals surface area contributed by atoms with Crippen LogP contribution >= 0.6 is 0 Å². The molecule has 0 aliphatic heterocycles. The summed E-state index contributed by atoms with van der Waals surface area (Å²) in [7, 11) is 0. The van der Waals surface area contributed by atoms with Gasteiger partial charge in [0.15, 0.2) is 0 Å². The molecule has 5 heteroatoms. The van der Waals surface area contributed by atoms with E-state index in [-0.39, 0.29) is 30.2 Å². The monoisotopic (exact) mass is 290 g/mol. The number of aliphatic hydroxyl groups is 1. The first-order valence-corrected chi connectivity index (χ1v) is 7.34. The highest BCUT2D eigenvalue weighted by Gasteiger charge is 2.25. The Kier molecular flexibility index (Phi) is 3.92. The molecule has 0 radical (unpaired) electrons. The maximum Gasteiger partial charge on any atom is 0.224 e. The summed E-state index contributed by atoms with van der Waals surface area (Å²) in [5.41, 5.74) is 1.55. The van der Waals surface area contributed by atoms with Crippen molar-refractivity contribution in [3.8, 4) is 0 Å². The Morgan fingerprint density at radius 2 is 2.29 bits per heavy atom. The lowest BCUT2D eigenvalue weighted by atomic mass is 10.1. The number of hydrogen-bond acceptors (Lipinski definition) is 2.